The zero-order chi connectivity index (χ0) is 15.6. The molecule has 2 unspecified atom stereocenters. The van der Waals surface area contributed by atoms with Gasteiger partial charge in [-0.2, -0.15) is 4.31 Å². The molecule has 0 aromatic carbocycles. The van der Waals surface area contributed by atoms with E-state index in [4.69, 9.17) is 4.74 Å². The molecule has 0 aromatic heterocycles. The molecule has 0 aliphatic rings. The zero-order valence-corrected chi connectivity index (χ0v) is 14.2. The summed E-state index contributed by atoms with van der Waals surface area (Å²) >= 11 is 0. The van der Waals surface area contributed by atoms with Crippen LogP contribution in [0.5, 0.6) is 0 Å². The van der Waals surface area contributed by atoms with Gasteiger partial charge in [0, 0.05) is 5.54 Å². The van der Waals surface area contributed by atoms with Gasteiger partial charge < -0.3 is 9.84 Å². The Hall–Kier alpha value is -0.170. The number of aliphatic hydroxyl groups is 1. The van der Waals surface area contributed by atoms with Crippen LogP contribution < -0.4 is 0 Å². The number of β-amino-alcohol motifs (C(OH)–C–C–N with tert-alkyl or cyclic N) is 1. The van der Waals surface area contributed by atoms with Crippen molar-refractivity contribution in [3.05, 3.63) is 0 Å². The third kappa shape index (κ3) is 6.70. The van der Waals surface area contributed by atoms with Gasteiger partial charge in [-0.25, -0.2) is 8.42 Å². The molecule has 0 spiro atoms. The predicted octanol–water partition coefficient (Wildman–Crippen LogP) is 1.82. The SMILES string of the molecule is CC(OC(O)CN(C(C)(C)C)S(C)(=O)=O)C(C)(C)C. The molecule has 0 saturated carbocycles. The lowest BCUT2D eigenvalue weighted by molar-refractivity contribution is -0.164. The summed E-state index contributed by atoms with van der Waals surface area (Å²) in [5.74, 6) is 0. The molecule has 0 heterocycles. The lowest BCUT2D eigenvalue weighted by Crippen LogP contribution is -2.49. The summed E-state index contributed by atoms with van der Waals surface area (Å²) < 4.78 is 30.2. The van der Waals surface area contributed by atoms with Gasteiger partial charge in [0.15, 0.2) is 6.29 Å². The first-order valence-electron chi connectivity index (χ1n) is 6.47. The molecule has 2 atom stereocenters. The summed E-state index contributed by atoms with van der Waals surface area (Å²) in [6.07, 6.45) is -0.176. The minimum Gasteiger partial charge on any atom is -0.367 e. The maximum absolute atomic E-state index is 11.8. The van der Waals surface area contributed by atoms with Crippen LogP contribution in [0.25, 0.3) is 0 Å². The quantitative estimate of drug-likeness (QED) is 0.786. The number of rotatable bonds is 5. The van der Waals surface area contributed by atoms with Crippen LogP contribution in [-0.4, -0.2) is 48.6 Å². The smallest absolute Gasteiger partial charge is 0.211 e. The van der Waals surface area contributed by atoms with E-state index in [1.165, 1.54) is 4.31 Å². The van der Waals surface area contributed by atoms with Gasteiger partial charge in [0.25, 0.3) is 0 Å². The van der Waals surface area contributed by atoms with Crippen LogP contribution in [0.3, 0.4) is 0 Å². The van der Waals surface area contributed by atoms with Crippen LogP contribution in [0.4, 0.5) is 0 Å². The Kier molecular flexibility index (Phi) is 6.02. The van der Waals surface area contributed by atoms with Gasteiger partial charge in [-0.1, -0.05) is 20.8 Å². The molecule has 0 aromatic rings. The lowest BCUT2D eigenvalue weighted by atomic mass is 9.90. The number of sulfonamides is 1. The highest BCUT2D eigenvalue weighted by atomic mass is 32.2. The molecule has 0 aliphatic carbocycles. The van der Waals surface area contributed by atoms with Crippen molar-refractivity contribution in [1.29, 1.82) is 0 Å². The van der Waals surface area contributed by atoms with Crippen LogP contribution >= 0.6 is 0 Å². The van der Waals surface area contributed by atoms with Crippen molar-refractivity contribution in [3.63, 3.8) is 0 Å². The number of ether oxygens (including phenoxy) is 1. The Morgan fingerprint density at radius 2 is 1.58 bits per heavy atom. The number of hydrogen-bond donors (Lipinski definition) is 1. The van der Waals surface area contributed by atoms with Crippen molar-refractivity contribution >= 4 is 10.0 Å². The second-order valence-corrected chi connectivity index (χ2v) is 8.97. The fourth-order valence-electron chi connectivity index (χ4n) is 1.53. The maximum Gasteiger partial charge on any atom is 0.211 e. The van der Waals surface area contributed by atoms with Gasteiger partial charge in [0.2, 0.25) is 10.0 Å². The summed E-state index contributed by atoms with van der Waals surface area (Å²) in [6.45, 7) is 13.2. The van der Waals surface area contributed by atoms with Crippen molar-refractivity contribution in [3.8, 4) is 0 Å². The van der Waals surface area contributed by atoms with E-state index in [9.17, 15) is 13.5 Å². The molecule has 0 rings (SSSR count). The van der Waals surface area contributed by atoms with Crippen LogP contribution in [0, 0.1) is 5.41 Å². The van der Waals surface area contributed by atoms with Crippen LogP contribution in [-0.2, 0) is 14.8 Å². The largest absolute Gasteiger partial charge is 0.367 e. The van der Waals surface area contributed by atoms with Gasteiger partial charge >= 0.3 is 0 Å². The van der Waals surface area contributed by atoms with Crippen LogP contribution in [0.2, 0.25) is 0 Å². The van der Waals surface area contributed by atoms with E-state index in [1.807, 2.05) is 27.7 Å². The molecule has 19 heavy (non-hydrogen) atoms. The summed E-state index contributed by atoms with van der Waals surface area (Å²) in [5, 5.41) is 9.95. The van der Waals surface area contributed by atoms with E-state index in [0.717, 1.165) is 6.26 Å². The van der Waals surface area contributed by atoms with Gasteiger partial charge in [-0.05, 0) is 33.1 Å². The average Bonchev–Trinajstić information content (AvgIpc) is 2.08. The Morgan fingerprint density at radius 1 is 1.16 bits per heavy atom. The Morgan fingerprint density at radius 3 is 1.84 bits per heavy atom. The van der Waals surface area contributed by atoms with E-state index >= 15 is 0 Å². The second-order valence-electron chi connectivity index (χ2n) is 7.06. The van der Waals surface area contributed by atoms with Gasteiger partial charge in [-0.15, -0.1) is 0 Å². The summed E-state index contributed by atoms with van der Waals surface area (Å²) in [4.78, 5) is 0. The highest BCUT2D eigenvalue weighted by Gasteiger charge is 2.33. The first-order valence-corrected chi connectivity index (χ1v) is 8.32. The van der Waals surface area contributed by atoms with E-state index in [0.29, 0.717) is 0 Å². The molecular formula is C13H29NO4S. The standard InChI is InChI=1S/C13H29NO4S/c1-10(12(2,3)4)18-11(15)9-14(13(5,6)7)19(8,16)17/h10-11,15H,9H2,1-8H3. The minimum atomic E-state index is -3.40. The molecular weight excluding hydrogens is 266 g/mol. The molecule has 0 fully saturated rings. The van der Waals surface area contributed by atoms with Crippen molar-refractivity contribution < 1.29 is 18.3 Å². The lowest BCUT2D eigenvalue weighted by Gasteiger charge is -2.36. The molecule has 0 bridgehead atoms. The monoisotopic (exact) mass is 295 g/mol. The Labute approximate surface area is 118 Å². The van der Waals surface area contributed by atoms with Gasteiger partial charge in [0.1, 0.15) is 0 Å². The van der Waals surface area contributed by atoms with Gasteiger partial charge in [0.05, 0.1) is 18.9 Å². The number of nitrogens with zero attached hydrogens (tertiary/aromatic N) is 1. The normalized spacial score (nSPS) is 17.6. The minimum absolute atomic E-state index is 0.0667. The average molecular weight is 295 g/mol. The highest BCUT2D eigenvalue weighted by Crippen LogP contribution is 2.24. The van der Waals surface area contributed by atoms with Crippen LogP contribution in [0.1, 0.15) is 48.5 Å². The topological polar surface area (TPSA) is 66.8 Å². The highest BCUT2D eigenvalue weighted by molar-refractivity contribution is 7.88. The third-order valence-electron chi connectivity index (χ3n) is 3.05. The molecule has 6 heteroatoms. The van der Waals surface area contributed by atoms with Gasteiger partial charge in [-0.3, -0.25) is 0 Å². The molecule has 5 nitrogen and oxygen atoms in total. The first kappa shape index (κ1) is 18.8. The predicted molar refractivity (Wildman–Crippen MR) is 77.3 cm³/mol. The molecule has 0 aliphatic heterocycles. The summed E-state index contributed by atoms with van der Waals surface area (Å²) in [5.41, 5.74) is -0.707. The van der Waals surface area contributed by atoms with Crippen LogP contribution in [0.15, 0.2) is 0 Å². The fourth-order valence-corrected chi connectivity index (χ4v) is 2.92. The number of hydrogen-bond acceptors (Lipinski definition) is 4. The van der Waals surface area contributed by atoms with E-state index in [1.54, 1.807) is 20.8 Å². The second kappa shape index (κ2) is 6.08. The molecule has 0 amide bonds. The Balaban J connectivity index is 4.82. The van der Waals surface area contributed by atoms with E-state index in [2.05, 4.69) is 0 Å². The third-order valence-corrected chi connectivity index (χ3v) is 4.55. The van der Waals surface area contributed by atoms with E-state index < -0.39 is 21.9 Å². The van der Waals surface area contributed by atoms with E-state index in [-0.39, 0.29) is 18.1 Å². The molecule has 0 saturated heterocycles. The number of aliphatic hydroxyl groups excluding tert-OH is 1. The molecule has 0 radical (unpaired) electrons. The van der Waals surface area contributed by atoms with Crippen molar-refractivity contribution in [2.24, 2.45) is 5.41 Å². The van der Waals surface area contributed by atoms with Crippen molar-refractivity contribution in [1.82, 2.24) is 4.31 Å². The molecule has 116 valence electrons. The zero-order valence-electron chi connectivity index (χ0n) is 13.4. The first-order chi connectivity index (χ1) is 8.15. The molecule has 1 N–H and O–H groups in total. The van der Waals surface area contributed by atoms with Crippen molar-refractivity contribution in [2.75, 3.05) is 12.8 Å². The fraction of sp³-hybridized carbons (Fsp3) is 1.00. The summed E-state index contributed by atoms with van der Waals surface area (Å²) in [6, 6.07) is 0. The maximum atomic E-state index is 11.8. The Bertz CT molecular complexity index is 378. The van der Waals surface area contributed by atoms with Crippen molar-refractivity contribution in [2.45, 2.75) is 66.4 Å². The summed E-state index contributed by atoms with van der Waals surface area (Å²) in [7, 11) is -3.40.